The molecule has 21 heavy (non-hydrogen) atoms. The number of hydrogen-bond acceptors (Lipinski definition) is 4. The van der Waals surface area contributed by atoms with Crippen LogP contribution in [0.25, 0.3) is 0 Å². The Bertz CT molecular complexity index is 550. The summed E-state index contributed by atoms with van der Waals surface area (Å²) in [4.78, 5) is 24.6. The molecule has 1 aliphatic rings. The number of nitro groups is 1. The summed E-state index contributed by atoms with van der Waals surface area (Å²) in [6.07, 6.45) is 3.66. The van der Waals surface area contributed by atoms with Crippen molar-refractivity contribution in [2.45, 2.75) is 31.7 Å². The number of nitro benzene ring substituents is 1. The molecule has 1 amide bonds. The van der Waals surface area contributed by atoms with Gasteiger partial charge in [-0.25, -0.2) is 0 Å². The van der Waals surface area contributed by atoms with E-state index in [4.69, 9.17) is 0 Å². The number of hydrogen-bond donors (Lipinski definition) is 1. The van der Waals surface area contributed by atoms with Crippen molar-refractivity contribution in [1.29, 1.82) is 0 Å². The van der Waals surface area contributed by atoms with Crippen molar-refractivity contribution in [2.24, 2.45) is 0 Å². The summed E-state index contributed by atoms with van der Waals surface area (Å²) in [5, 5.41) is 20.4. The number of carbonyl (C=O) groups is 1. The molecule has 1 fully saturated rings. The SMILES string of the molecule is O=C(c1cc(Br)cc([N+](=O)[O-])c1)N1CCCCCC1CO. The van der Waals surface area contributed by atoms with Gasteiger partial charge in [0.2, 0.25) is 0 Å². The molecule has 0 spiro atoms. The monoisotopic (exact) mass is 356 g/mol. The molecule has 1 N–H and O–H groups in total. The first kappa shape index (κ1) is 15.9. The fourth-order valence-electron chi connectivity index (χ4n) is 2.60. The predicted molar refractivity (Wildman–Crippen MR) is 81.2 cm³/mol. The van der Waals surface area contributed by atoms with E-state index in [9.17, 15) is 20.0 Å². The Kier molecular flexibility index (Phi) is 5.30. The second-order valence-electron chi connectivity index (χ2n) is 5.14. The molecule has 0 aromatic heterocycles. The average molecular weight is 357 g/mol. The lowest BCUT2D eigenvalue weighted by Gasteiger charge is -2.28. The van der Waals surface area contributed by atoms with Crippen molar-refractivity contribution < 1.29 is 14.8 Å². The third-order valence-electron chi connectivity index (χ3n) is 3.69. The van der Waals surface area contributed by atoms with Gasteiger partial charge in [-0.1, -0.05) is 28.8 Å². The summed E-state index contributed by atoms with van der Waals surface area (Å²) >= 11 is 3.20. The van der Waals surface area contributed by atoms with Gasteiger partial charge in [-0.05, 0) is 18.9 Å². The van der Waals surface area contributed by atoms with Gasteiger partial charge in [-0.3, -0.25) is 14.9 Å². The number of non-ortho nitro benzene ring substituents is 1. The topological polar surface area (TPSA) is 83.7 Å². The first-order chi connectivity index (χ1) is 10.0. The maximum Gasteiger partial charge on any atom is 0.271 e. The number of benzene rings is 1. The molecule has 0 aliphatic carbocycles. The van der Waals surface area contributed by atoms with E-state index in [-0.39, 0.29) is 29.8 Å². The highest BCUT2D eigenvalue weighted by atomic mass is 79.9. The Morgan fingerprint density at radius 1 is 1.38 bits per heavy atom. The van der Waals surface area contributed by atoms with Crippen LogP contribution in [-0.4, -0.2) is 40.0 Å². The summed E-state index contributed by atoms with van der Waals surface area (Å²) in [5.74, 6) is -0.264. The second kappa shape index (κ2) is 7.00. The Labute approximate surface area is 131 Å². The molecule has 1 aromatic rings. The van der Waals surface area contributed by atoms with Gasteiger partial charge in [-0.2, -0.15) is 0 Å². The zero-order valence-electron chi connectivity index (χ0n) is 11.5. The lowest BCUT2D eigenvalue weighted by atomic mass is 10.1. The first-order valence-corrected chi connectivity index (χ1v) is 7.69. The molecule has 0 saturated carbocycles. The van der Waals surface area contributed by atoms with Crippen LogP contribution in [-0.2, 0) is 0 Å². The average Bonchev–Trinajstić information content (AvgIpc) is 2.70. The van der Waals surface area contributed by atoms with Crippen molar-refractivity contribution in [3.63, 3.8) is 0 Å². The Morgan fingerprint density at radius 3 is 2.81 bits per heavy atom. The maximum absolute atomic E-state index is 12.6. The van der Waals surface area contributed by atoms with Gasteiger partial charge in [0.25, 0.3) is 11.6 Å². The molecule has 0 bridgehead atoms. The van der Waals surface area contributed by atoms with E-state index in [2.05, 4.69) is 15.9 Å². The zero-order valence-corrected chi connectivity index (χ0v) is 13.1. The summed E-state index contributed by atoms with van der Waals surface area (Å²) in [6, 6.07) is 4.02. The van der Waals surface area contributed by atoms with E-state index in [1.165, 1.54) is 12.1 Å². The van der Waals surface area contributed by atoms with Gasteiger partial charge in [0, 0.05) is 28.7 Å². The standard InChI is InChI=1S/C14H17BrN2O4/c15-11-6-10(7-13(8-11)17(20)21)14(19)16-5-3-1-2-4-12(16)9-18/h6-8,12,18H,1-5,9H2. The summed E-state index contributed by atoms with van der Waals surface area (Å²) in [5.41, 5.74) is 0.152. The third kappa shape index (κ3) is 3.79. The Morgan fingerprint density at radius 2 is 2.14 bits per heavy atom. The van der Waals surface area contributed by atoms with Crippen molar-refractivity contribution in [3.05, 3.63) is 38.3 Å². The van der Waals surface area contributed by atoms with Crippen molar-refractivity contribution in [1.82, 2.24) is 4.90 Å². The maximum atomic E-state index is 12.6. The van der Waals surface area contributed by atoms with Crippen molar-refractivity contribution in [3.8, 4) is 0 Å². The lowest BCUT2D eigenvalue weighted by molar-refractivity contribution is -0.385. The predicted octanol–water partition coefficient (Wildman–Crippen LogP) is 2.73. The van der Waals surface area contributed by atoms with Gasteiger partial charge >= 0.3 is 0 Å². The third-order valence-corrected chi connectivity index (χ3v) is 4.15. The molecular weight excluding hydrogens is 340 g/mol. The number of halogens is 1. The molecule has 2 rings (SSSR count). The number of nitrogens with zero attached hydrogens (tertiary/aromatic N) is 2. The Hall–Kier alpha value is -1.47. The Balaban J connectivity index is 2.31. The fraction of sp³-hybridized carbons (Fsp3) is 0.500. The molecular formula is C14H17BrN2O4. The van der Waals surface area contributed by atoms with Crippen LogP contribution in [0.15, 0.2) is 22.7 Å². The summed E-state index contributed by atoms with van der Waals surface area (Å²) in [6.45, 7) is 0.492. The number of carbonyl (C=O) groups excluding carboxylic acids is 1. The number of aliphatic hydroxyl groups is 1. The van der Waals surface area contributed by atoms with Gasteiger partial charge < -0.3 is 10.0 Å². The minimum absolute atomic E-state index is 0.0815. The molecule has 0 radical (unpaired) electrons. The molecule has 1 aromatic carbocycles. The second-order valence-corrected chi connectivity index (χ2v) is 6.06. The minimum atomic E-state index is -0.520. The first-order valence-electron chi connectivity index (χ1n) is 6.89. The molecule has 1 saturated heterocycles. The fourth-order valence-corrected chi connectivity index (χ4v) is 3.08. The normalized spacial score (nSPS) is 19.1. The van der Waals surface area contributed by atoms with E-state index in [1.807, 2.05) is 0 Å². The van der Waals surface area contributed by atoms with E-state index < -0.39 is 4.92 Å². The number of aliphatic hydroxyl groups excluding tert-OH is 1. The van der Waals surface area contributed by atoms with Crippen LogP contribution in [0.1, 0.15) is 36.0 Å². The van der Waals surface area contributed by atoms with Crippen LogP contribution in [0.5, 0.6) is 0 Å². The molecule has 1 aliphatic heterocycles. The van der Waals surface area contributed by atoms with Crippen LogP contribution in [0.3, 0.4) is 0 Å². The van der Waals surface area contributed by atoms with Crippen molar-refractivity contribution >= 4 is 27.5 Å². The highest BCUT2D eigenvalue weighted by molar-refractivity contribution is 9.10. The lowest BCUT2D eigenvalue weighted by Crippen LogP contribution is -2.42. The summed E-state index contributed by atoms with van der Waals surface area (Å²) in [7, 11) is 0. The highest BCUT2D eigenvalue weighted by Gasteiger charge is 2.27. The smallest absolute Gasteiger partial charge is 0.271 e. The van der Waals surface area contributed by atoms with Crippen LogP contribution < -0.4 is 0 Å². The van der Waals surface area contributed by atoms with E-state index >= 15 is 0 Å². The molecule has 1 unspecified atom stereocenters. The van der Waals surface area contributed by atoms with Gasteiger partial charge in [0.15, 0.2) is 0 Å². The largest absolute Gasteiger partial charge is 0.394 e. The van der Waals surface area contributed by atoms with Crippen LogP contribution in [0, 0.1) is 10.1 Å². The quantitative estimate of drug-likeness (QED) is 0.666. The van der Waals surface area contributed by atoms with E-state index in [1.54, 1.807) is 11.0 Å². The number of likely N-dealkylation sites (tertiary alicyclic amines) is 1. The van der Waals surface area contributed by atoms with Crippen LogP contribution in [0.2, 0.25) is 0 Å². The van der Waals surface area contributed by atoms with E-state index in [0.29, 0.717) is 11.0 Å². The van der Waals surface area contributed by atoms with E-state index in [0.717, 1.165) is 25.7 Å². The number of rotatable bonds is 3. The minimum Gasteiger partial charge on any atom is -0.394 e. The zero-order chi connectivity index (χ0) is 15.4. The molecule has 114 valence electrons. The molecule has 1 atom stereocenters. The van der Waals surface area contributed by atoms with Crippen LogP contribution in [0.4, 0.5) is 5.69 Å². The van der Waals surface area contributed by atoms with Gasteiger partial charge in [0.05, 0.1) is 17.6 Å². The molecule has 6 nitrogen and oxygen atoms in total. The van der Waals surface area contributed by atoms with Crippen molar-refractivity contribution in [2.75, 3.05) is 13.2 Å². The molecule has 1 heterocycles. The van der Waals surface area contributed by atoms with Gasteiger partial charge in [0.1, 0.15) is 0 Å². The number of amides is 1. The van der Waals surface area contributed by atoms with Gasteiger partial charge in [-0.15, -0.1) is 0 Å². The summed E-state index contributed by atoms with van der Waals surface area (Å²) < 4.78 is 0.496. The molecule has 7 heteroatoms. The van der Waals surface area contributed by atoms with Crippen LogP contribution >= 0.6 is 15.9 Å². The highest BCUT2D eigenvalue weighted by Crippen LogP contribution is 2.25.